The van der Waals surface area contributed by atoms with E-state index < -0.39 is 46.7 Å². The van der Waals surface area contributed by atoms with Crippen molar-refractivity contribution in [3.63, 3.8) is 0 Å². The van der Waals surface area contributed by atoms with Crippen molar-refractivity contribution in [3.05, 3.63) is 23.4 Å². The standard InChI is InChI=1S/C14H15F3N4O3/c1-6-3-7(14(15,16)17)4-9(20-6)21-11(23)8(10(18)22)5-13(21,2)12(19)24/h3-4,8H,5H2,1-2H3,(H2,18,22)(H2,19,24). The molecule has 7 nitrogen and oxygen atoms in total. The van der Waals surface area contributed by atoms with Gasteiger partial charge < -0.3 is 11.5 Å². The van der Waals surface area contributed by atoms with Crippen molar-refractivity contribution in [2.45, 2.75) is 32.0 Å². The van der Waals surface area contributed by atoms with Crippen molar-refractivity contribution in [1.82, 2.24) is 4.98 Å². The number of nitrogens with zero attached hydrogens (tertiary/aromatic N) is 2. The van der Waals surface area contributed by atoms with Gasteiger partial charge in [0.1, 0.15) is 17.3 Å². The van der Waals surface area contributed by atoms with E-state index in [1.165, 1.54) is 13.8 Å². The van der Waals surface area contributed by atoms with Gasteiger partial charge in [0.15, 0.2) is 0 Å². The maximum absolute atomic E-state index is 13.0. The van der Waals surface area contributed by atoms with Crippen LogP contribution in [-0.4, -0.2) is 28.2 Å². The Morgan fingerprint density at radius 2 is 1.92 bits per heavy atom. The molecule has 1 saturated heterocycles. The summed E-state index contributed by atoms with van der Waals surface area (Å²) in [6, 6.07) is 1.44. The summed E-state index contributed by atoms with van der Waals surface area (Å²) in [6.45, 7) is 2.57. The van der Waals surface area contributed by atoms with Crippen LogP contribution in [0.15, 0.2) is 12.1 Å². The van der Waals surface area contributed by atoms with Gasteiger partial charge in [-0.15, -0.1) is 0 Å². The molecule has 2 heterocycles. The monoisotopic (exact) mass is 344 g/mol. The van der Waals surface area contributed by atoms with Gasteiger partial charge >= 0.3 is 6.18 Å². The highest BCUT2D eigenvalue weighted by atomic mass is 19.4. The Kier molecular flexibility index (Phi) is 4.03. The molecule has 1 aromatic rings. The van der Waals surface area contributed by atoms with E-state index in [2.05, 4.69) is 4.98 Å². The van der Waals surface area contributed by atoms with Crippen LogP contribution in [0.2, 0.25) is 0 Å². The minimum absolute atomic E-state index is 0.0121. The SMILES string of the molecule is Cc1cc(C(F)(F)F)cc(N2C(=O)C(C(N)=O)CC2(C)C(N)=O)n1. The first-order valence-electron chi connectivity index (χ1n) is 6.87. The van der Waals surface area contributed by atoms with E-state index in [9.17, 15) is 27.6 Å². The zero-order valence-corrected chi connectivity index (χ0v) is 12.8. The molecule has 2 atom stereocenters. The summed E-state index contributed by atoms with van der Waals surface area (Å²) >= 11 is 0. The zero-order valence-electron chi connectivity index (χ0n) is 12.8. The molecule has 1 aromatic heterocycles. The fourth-order valence-electron chi connectivity index (χ4n) is 2.70. The van der Waals surface area contributed by atoms with Gasteiger partial charge in [-0.25, -0.2) is 4.98 Å². The number of carbonyl (C=O) groups is 3. The molecule has 0 saturated carbocycles. The molecular weight excluding hydrogens is 329 g/mol. The van der Waals surface area contributed by atoms with Crippen molar-refractivity contribution in [1.29, 1.82) is 0 Å². The van der Waals surface area contributed by atoms with Crippen LogP contribution in [0.5, 0.6) is 0 Å². The van der Waals surface area contributed by atoms with Crippen LogP contribution in [0.25, 0.3) is 0 Å². The van der Waals surface area contributed by atoms with E-state index in [1.54, 1.807) is 0 Å². The molecule has 0 aromatic carbocycles. The number of rotatable bonds is 3. The lowest BCUT2D eigenvalue weighted by atomic mass is 9.93. The number of primary amides is 2. The van der Waals surface area contributed by atoms with Crippen LogP contribution in [0.4, 0.5) is 19.0 Å². The first kappa shape index (κ1) is 17.7. The first-order chi connectivity index (χ1) is 10.9. The molecule has 2 unspecified atom stereocenters. The summed E-state index contributed by atoms with van der Waals surface area (Å²) in [5.74, 6) is -4.64. The van der Waals surface area contributed by atoms with Crippen molar-refractivity contribution >= 4 is 23.5 Å². The van der Waals surface area contributed by atoms with E-state index in [1.807, 2.05) is 0 Å². The van der Waals surface area contributed by atoms with Crippen LogP contribution in [-0.2, 0) is 20.6 Å². The van der Waals surface area contributed by atoms with Crippen LogP contribution in [0.3, 0.4) is 0 Å². The Morgan fingerprint density at radius 1 is 1.33 bits per heavy atom. The highest BCUT2D eigenvalue weighted by molar-refractivity contribution is 6.14. The molecule has 0 bridgehead atoms. The Balaban J connectivity index is 2.64. The molecule has 1 fully saturated rings. The Hall–Kier alpha value is -2.65. The smallest absolute Gasteiger partial charge is 0.369 e. The number of carbonyl (C=O) groups excluding carboxylic acids is 3. The Morgan fingerprint density at radius 3 is 2.38 bits per heavy atom. The third-order valence-corrected chi connectivity index (χ3v) is 3.98. The summed E-state index contributed by atoms with van der Waals surface area (Å²) in [4.78, 5) is 40.3. The van der Waals surface area contributed by atoms with Crippen molar-refractivity contribution in [2.75, 3.05) is 4.90 Å². The van der Waals surface area contributed by atoms with E-state index in [0.29, 0.717) is 6.07 Å². The molecule has 3 amide bonds. The maximum Gasteiger partial charge on any atom is 0.416 e. The zero-order chi connectivity index (χ0) is 18.4. The maximum atomic E-state index is 13.0. The fourth-order valence-corrected chi connectivity index (χ4v) is 2.70. The van der Waals surface area contributed by atoms with Crippen LogP contribution >= 0.6 is 0 Å². The lowest BCUT2D eigenvalue weighted by Crippen LogP contribution is -2.53. The predicted octanol–water partition coefficient (Wildman–Crippen LogP) is 0.491. The van der Waals surface area contributed by atoms with Crippen LogP contribution in [0, 0.1) is 12.8 Å². The summed E-state index contributed by atoms with van der Waals surface area (Å²) in [5.41, 5.74) is 7.70. The number of halogens is 3. The average Bonchev–Trinajstić information content (AvgIpc) is 2.70. The Bertz CT molecular complexity index is 734. The third-order valence-electron chi connectivity index (χ3n) is 3.98. The van der Waals surface area contributed by atoms with E-state index >= 15 is 0 Å². The van der Waals surface area contributed by atoms with Gasteiger partial charge in [-0.2, -0.15) is 13.2 Å². The van der Waals surface area contributed by atoms with Crippen molar-refractivity contribution in [3.8, 4) is 0 Å². The molecule has 0 spiro atoms. The largest absolute Gasteiger partial charge is 0.416 e. The van der Waals surface area contributed by atoms with E-state index in [-0.39, 0.29) is 12.1 Å². The summed E-state index contributed by atoms with van der Waals surface area (Å²) in [7, 11) is 0. The number of aromatic nitrogens is 1. The highest BCUT2D eigenvalue weighted by Crippen LogP contribution is 2.39. The Labute approximate surface area is 134 Å². The normalized spacial score (nSPS) is 24.3. The number of nitrogens with two attached hydrogens (primary N) is 2. The number of amides is 3. The molecule has 0 aliphatic carbocycles. The molecule has 24 heavy (non-hydrogen) atoms. The van der Waals surface area contributed by atoms with Gasteiger partial charge in [0.25, 0.3) is 0 Å². The molecular formula is C14H15F3N4O3. The fraction of sp³-hybridized carbons (Fsp3) is 0.429. The molecule has 2 rings (SSSR count). The predicted molar refractivity (Wildman–Crippen MR) is 76.4 cm³/mol. The van der Waals surface area contributed by atoms with Gasteiger partial charge in [-0.05, 0) is 26.0 Å². The number of anilines is 1. The van der Waals surface area contributed by atoms with Crippen LogP contribution in [0.1, 0.15) is 24.6 Å². The lowest BCUT2D eigenvalue weighted by Gasteiger charge is -2.31. The minimum atomic E-state index is -4.67. The number of aryl methyl sites for hydroxylation is 1. The summed E-state index contributed by atoms with van der Waals surface area (Å²) < 4.78 is 39.0. The molecule has 0 radical (unpaired) electrons. The van der Waals surface area contributed by atoms with Crippen molar-refractivity contribution in [2.24, 2.45) is 17.4 Å². The molecule has 1 aliphatic rings. The topological polar surface area (TPSA) is 119 Å². The first-order valence-corrected chi connectivity index (χ1v) is 6.87. The number of hydrogen-bond acceptors (Lipinski definition) is 4. The molecule has 1 aliphatic heterocycles. The second-order valence-electron chi connectivity index (χ2n) is 5.82. The summed E-state index contributed by atoms with van der Waals surface area (Å²) in [5, 5.41) is 0. The average molecular weight is 344 g/mol. The quantitative estimate of drug-likeness (QED) is 0.776. The van der Waals surface area contributed by atoms with Gasteiger partial charge in [-0.3, -0.25) is 19.3 Å². The lowest BCUT2D eigenvalue weighted by molar-refractivity contribution is -0.138. The number of hydrogen-bond donors (Lipinski definition) is 2. The number of alkyl halides is 3. The second kappa shape index (κ2) is 5.46. The van der Waals surface area contributed by atoms with Crippen molar-refractivity contribution < 1.29 is 27.6 Å². The van der Waals surface area contributed by atoms with Gasteiger partial charge in [0, 0.05) is 12.1 Å². The van der Waals surface area contributed by atoms with E-state index in [0.717, 1.165) is 11.0 Å². The van der Waals surface area contributed by atoms with Crippen LogP contribution < -0.4 is 16.4 Å². The molecule has 4 N–H and O–H groups in total. The van der Waals surface area contributed by atoms with E-state index in [4.69, 9.17) is 11.5 Å². The summed E-state index contributed by atoms with van der Waals surface area (Å²) in [6.07, 6.45) is -5.00. The minimum Gasteiger partial charge on any atom is -0.369 e. The van der Waals surface area contributed by atoms with Gasteiger partial charge in [-0.1, -0.05) is 0 Å². The van der Waals surface area contributed by atoms with Gasteiger partial charge in [0.05, 0.1) is 5.56 Å². The number of pyridine rings is 1. The molecule has 10 heteroatoms. The molecule has 130 valence electrons. The third kappa shape index (κ3) is 2.79. The highest BCUT2D eigenvalue weighted by Gasteiger charge is 2.55. The second-order valence-corrected chi connectivity index (χ2v) is 5.82. The van der Waals surface area contributed by atoms with Gasteiger partial charge in [0.2, 0.25) is 17.7 Å².